The fourth-order valence-electron chi connectivity index (χ4n) is 1.13. The third-order valence-electron chi connectivity index (χ3n) is 2.06. The SMILES string of the molecule is CCc1cncc(OC2CNC2)n1. The lowest BCUT2D eigenvalue weighted by molar-refractivity contribution is 0.135. The van der Waals surface area contributed by atoms with Gasteiger partial charge in [-0.1, -0.05) is 6.92 Å². The van der Waals surface area contributed by atoms with Crippen LogP contribution in [-0.4, -0.2) is 29.2 Å². The van der Waals surface area contributed by atoms with Gasteiger partial charge in [-0.2, -0.15) is 0 Å². The van der Waals surface area contributed by atoms with Crippen LogP contribution >= 0.6 is 0 Å². The second kappa shape index (κ2) is 3.70. The van der Waals surface area contributed by atoms with Gasteiger partial charge < -0.3 is 10.1 Å². The average Bonchev–Trinajstić information content (AvgIpc) is 2.12. The molecule has 1 N–H and O–H groups in total. The lowest BCUT2D eigenvalue weighted by atomic mass is 10.2. The van der Waals surface area contributed by atoms with E-state index in [1.807, 2.05) is 0 Å². The Kier molecular flexibility index (Phi) is 2.40. The van der Waals surface area contributed by atoms with Gasteiger partial charge in [0.2, 0.25) is 5.88 Å². The third-order valence-corrected chi connectivity index (χ3v) is 2.06. The largest absolute Gasteiger partial charge is 0.471 e. The highest BCUT2D eigenvalue weighted by Gasteiger charge is 2.18. The van der Waals surface area contributed by atoms with Crippen LogP contribution in [-0.2, 0) is 6.42 Å². The van der Waals surface area contributed by atoms with Crippen LogP contribution in [0.1, 0.15) is 12.6 Å². The molecule has 1 saturated heterocycles. The molecular formula is C9H13N3O. The number of ether oxygens (including phenoxy) is 1. The molecule has 0 atom stereocenters. The Morgan fingerprint density at radius 2 is 2.38 bits per heavy atom. The van der Waals surface area contributed by atoms with Crippen LogP contribution in [0.25, 0.3) is 0 Å². The monoisotopic (exact) mass is 179 g/mol. The maximum Gasteiger partial charge on any atom is 0.232 e. The van der Waals surface area contributed by atoms with Crippen LogP contribution in [0, 0.1) is 0 Å². The van der Waals surface area contributed by atoms with Gasteiger partial charge >= 0.3 is 0 Å². The summed E-state index contributed by atoms with van der Waals surface area (Å²) in [5.41, 5.74) is 0.977. The molecule has 0 amide bonds. The minimum absolute atomic E-state index is 0.279. The average molecular weight is 179 g/mol. The molecule has 0 aliphatic carbocycles. The van der Waals surface area contributed by atoms with Crippen molar-refractivity contribution in [3.8, 4) is 5.88 Å². The lowest BCUT2D eigenvalue weighted by Crippen LogP contribution is -2.50. The molecule has 2 heterocycles. The topological polar surface area (TPSA) is 47.0 Å². The molecular weight excluding hydrogens is 166 g/mol. The molecule has 1 aliphatic rings. The van der Waals surface area contributed by atoms with Crippen molar-refractivity contribution in [1.29, 1.82) is 0 Å². The summed E-state index contributed by atoms with van der Waals surface area (Å²) in [4.78, 5) is 8.36. The van der Waals surface area contributed by atoms with Gasteiger partial charge in [-0.05, 0) is 6.42 Å². The standard InChI is InChI=1S/C9H13N3O/c1-2-7-3-10-6-9(12-7)13-8-4-11-5-8/h3,6,8,11H,2,4-5H2,1H3. The van der Waals surface area contributed by atoms with E-state index in [-0.39, 0.29) is 6.10 Å². The second-order valence-corrected chi connectivity index (χ2v) is 3.10. The Balaban J connectivity index is 2.01. The molecule has 70 valence electrons. The first-order valence-electron chi connectivity index (χ1n) is 4.57. The zero-order valence-corrected chi connectivity index (χ0v) is 7.66. The van der Waals surface area contributed by atoms with E-state index in [1.165, 1.54) is 0 Å². The Labute approximate surface area is 77.4 Å². The van der Waals surface area contributed by atoms with Crippen molar-refractivity contribution in [2.75, 3.05) is 13.1 Å². The molecule has 1 aliphatic heterocycles. The summed E-state index contributed by atoms with van der Waals surface area (Å²) in [7, 11) is 0. The lowest BCUT2D eigenvalue weighted by Gasteiger charge is -2.27. The summed E-state index contributed by atoms with van der Waals surface area (Å²) in [5, 5.41) is 3.14. The van der Waals surface area contributed by atoms with Gasteiger partial charge in [-0.15, -0.1) is 0 Å². The number of nitrogens with one attached hydrogen (secondary N) is 1. The minimum atomic E-state index is 0.279. The van der Waals surface area contributed by atoms with Gasteiger partial charge in [0.1, 0.15) is 6.10 Å². The van der Waals surface area contributed by atoms with Crippen LogP contribution in [0.3, 0.4) is 0 Å². The summed E-state index contributed by atoms with van der Waals surface area (Å²) < 4.78 is 5.56. The smallest absolute Gasteiger partial charge is 0.232 e. The van der Waals surface area contributed by atoms with Crippen molar-refractivity contribution in [2.45, 2.75) is 19.4 Å². The Hall–Kier alpha value is -1.16. The predicted octanol–water partition coefficient (Wildman–Crippen LogP) is 0.390. The minimum Gasteiger partial charge on any atom is -0.471 e. The van der Waals surface area contributed by atoms with E-state index in [4.69, 9.17) is 4.74 Å². The van der Waals surface area contributed by atoms with Gasteiger partial charge in [-0.25, -0.2) is 4.98 Å². The second-order valence-electron chi connectivity index (χ2n) is 3.10. The third kappa shape index (κ3) is 1.95. The highest BCUT2D eigenvalue weighted by atomic mass is 16.5. The highest BCUT2D eigenvalue weighted by molar-refractivity contribution is 5.09. The Morgan fingerprint density at radius 1 is 1.54 bits per heavy atom. The van der Waals surface area contributed by atoms with Gasteiger partial charge in [0.05, 0.1) is 11.9 Å². The molecule has 0 saturated carbocycles. The first-order valence-corrected chi connectivity index (χ1v) is 4.57. The molecule has 2 rings (SSSR count). The predicted molar refractivity (Wildman–Crippen MR) is 48.7 cm³/mol. The van der Waals surface area contributed by atoms with Gasteiger partial charge in [0, 0.05) is 19.3 Å². The van der Waals surface area contributed by atoms with Crippen molar-refractivity contribution < 1.29 is 4.74 Å². The van der Waals surface area contributed by atoms with Crippen LogP contribution in [0.15, 0.2) is 12.4 Å². The summed E-state index contributed by atoms with van der Waals surface area (Å²) in [5.74, 6) is 0.644. The van der Waals surface area contributed by atoms with Gasteiger partial charge in [0.25, 0.3) is 0 Å². The number of nitrogens with zero attached hydrogens (tertiary/aromatic N) is 2. The maximum atomic E-state index is 5.56. The summed E-state index contributed by atoms with van der Waals surface area (Å²) in [6.45, 7) is 3.88. The van der Waals surface area contributed by atoms with Crippen molar-refractivity contribution in [2.24, 2.45) is 0 Å². The molecule has 0 radical (unpaired) electrons. The number of hydrogen-bond donors (Lipinski definition) is 1. The van der Waals surface area contributed by atoms with Crippen molar-refractivity contribution in [3.05, 3.63) is 18.1 Å². The molecule has 1 aromatic heterocycles. The van der Waals surface area contributed by atoms with E-state index in [1.54, 1.807) is 12.4 Å². The zero-order valence-electron chi connectivity index (χ0n) is 7.66. The summed E-state index contributed by atoms with van der Waals surface area (Å²) >= 11 is 0. The zero-order chi connectivity index (χ0) is 9.10. The van der Waals surface area contributed by atoms with E-state index in [2.05, 4.69) is 22.2 Å². The van der Waals surface area contributed by atoms with E-state index < -0.39 is 0 Å². The fraction of sp³-hybridized carbons (Fsp3) is 0.556. The number of rotatable bonds is 3. The van der Waals surface area contributed by atoms with Crippen LogP contribution in [0.2, 0.25) is 0 Å². The molecule has 0 unspecified atom stereocenters. The number of hydrogen-bond acceptors (Lipinski definition) is 4. The van der Waals surface area contributed by atoms with Crippen LogP contribution < -0.4 is 10.1 Å². The van der Waals surface area contributed by atoms with Crippen molar-refractivity contribution in [3.63, 3.8) is 0 Å². The van der Waals surface area contributed by atoms with Crippen molar-refractivity contribution >= 4 is 0 Å². The molecule has 0 spiro atoms. The van der Waals surface area contributed by atoms with E-state index >= 15 is 0 Å². The first kappa shape index (κ1) is 8.44. The quantitative estimate of drug-likeness (QED) is 0.729. The van der Waals surface area contributed by atoms with E-state index in [9.17, 15) is 0 Å². The molecule has 1 fully saturated rings. The van der Waals surface area contributed by atoms with Crippen LogP contribution in [0.4, 0.5) is 0 Å². The normalized spacial score (nSPS) is 16.7. The van der Waals surface area contributed by atoms with E-state index in [0.29, 0.717) is 5.88 Å². The first-order chi connectivity index (χ1) is 6.38. The Morgan fingerprint density at radius 3 is 3.00 bits per heavy atom. The van der Waals surface area contributed by atoms with E-state index in [0.717, 1.165) is 25.2 Å². The summed E-state index contributed by atoms with van der Waals surface area (Å²) in [6.07, 6.45) is 4.61. The maximum absolute atomic E-state index is 5.56. The molecule has 0 bridgehead atoms. The van der Waals surface area contributed by atoms with Crippen LogP contribution in [0.5, 0.6) is 5.88 Å². The number of aryl methyl sites for hydroxylation is 1. The highest BCUT2D eigenvalue weighted by Crippen LogP contribution is 2.09. The van der Waals surface area contributed by atoms with Gasteiger partial charge in [0.15, 0.2) is 0 Å². The molecule has 4 nitrogen and oxygen atoms in total. The molecule has 13 heavy (non-hydrogen) atoms. The number of aromatic nitrogens is 2. The Bertz CT molecular complexity index is 286. The molecule has 0 aromatic carbocycles. The molecule has 1 aromatic rings. The summed E-state index contributed by atoms with van der Waals surface area (Å²) in [6, 6.07) is 0. The molecule has 4 heteroatoms. The fourth-order valence-corrected chi connectivity index (χ4v) is 1.13. The van der Waals surface area contributed by atoms with Gasteiger partial charge in [-0.3, -0.25) is 4.98 Å². The van der Waals surface area contributed by atoms with Crippen molar-refractivity contribution in [1.82, 2.24) is 15.3 Å².